The van der Waals surface area contributed by atoms with Gasteiger partial charge in [0.2, 0.25) is 0 Å². The van der Waals surface area contributed by atoms with E-state index in [-0.39, 0.29) is 12.5 Å². The average Bonchev–Trinajstić information content (AvgIpc) is 2.38. The number of nitrogen functional groups attached to an aromatic ring is 1. The number of morpholine rings is 1. The lowest BCUT2D eigenvalue weighted by Crippen LogP contribution is -2.43. The summed E-state index contributed by atoms with van der Waals surface area (Å²) >= 11 is 6.73. The predicted molar refractivity (Wildman–Crippen MR) is 79.1 cm³/mol. The zero-order chi connectivity index (χ0) is 13.8. The lowest BCUT2D eigenvalue weighted by Gasteiger charge is -2.26. The minimum absolute atomic E-state index is 0.00111. The molecule has 0 saturated carbocycles. The molecule has 19 heavy (non-hydrogen) atoms. The Bertz CT molecular complexity index is 453. The lowest BCUT2D eigenvalue weighted by atomic mass is 10.3. The number of hydrogen-bond acceptors (Lipinski definition) is 4. The van der Waals surface area contributed by atoms with E-state index >= 15 is 0 Å². The van der Waals surface area contributed by atoms with Crippen LogP contribution in [-0.4, -0.2) is 43.7 Å². The molecule has 2 N–H and O–H groups in total. The molecule has 1 fully saturated rings. The van der Waals surface area contributed by atoms with Gasteiger partial charge in [0.25, 0.3) is 5.91 Å². The fraction of sp³-hybridized carbons (Fsp3) is 0.417. The monoisotopic (exact) mass is 392 g/mol. The van der Waals surface area contributed by atoms with E-state index in [1.807, 2.05) is 0 Å². The number of anilines is 1. The van der Waals surface area contributed by atoms with Gasteiger partial charge in [0.15, 0.2) is 6.61 Å². The topological polar surface area (TPSA) is 64.8 Å². The van der Waals surface area contributed by atoms with Crippen molar-refractivity contribution in [2.24, 2.45) is 0 Å². The standard InChI is InChI=1S/C12H14Br2N2O3/c13-9-5-8(15)6-10(14)12(9)19-7-11(17)16-1-3-18-4-2-16/h5-6H,1-4,7,15H2. The molecule has 0 atom stereocenters. The number of halogens is 2. The van der Waals surface area contributed by atoms with E-state index in [0.29, 0.717) is 46.7 Å². The molecule has 0 bridgehead atoms. The summed E-state index contributed by atoms with van der Waals surface area (Å²) in [7, 11) is 0. The first-order valence-electron chi connectivity index (χ1n) is 5.81. The average molecular weight is 394 g/mol. The predicted octanol–water partition coefficient (Wildman–Crippen LogP) is 2.03. The summed E-state index contributed by atoms with van der Waals surface area (Å²) in [5.74, 6) is 0.537. The summed E-state index contributed by atoms with van der Waals surface area (Å²) in [6.07, 6.45) is 0. The molecular weight excluding hydrogens is 380 g/mol. The number of hydrogen-bond donors (Lipinski definition) is 1. The molecule has 1 aromatic carbocycles. The maximum atomic E-state index is 12.0. The fourth-order valence-corrected chi connectivity index (χ4v) is 3.21. The number of benzene rings is 1. The van der Waals surface area contributed by atoms with Gasteiger partial charge in [-0.15, -0.1) is 0 Å². The summed E-state index contributed by atoms with van der Waals surface area (Å²) in [5.41, 5.74) is 6.31. The van der Waals surface area contributed by atoms with Crippen LogP contribution in [-0.2, 0) is 9.53 Å². The summed E-state index contributed by atoms with van der Waals surface area (Å²) in [6.45, 7) is 2.40. The Balaban J connectivity index is 1.96. The van der Waals surface area contributed by atoms with E-state index in [2.05, 4.69) is 31.9 Å². The van der Waals surface area contributed by atoms with Crippen LogP contribution in [0, 0.1) is 0 Å². The fourth-order valence-electron chi connectivity index (χ4n) is 1.76. The third kappa shape index (κ3) is 3.84. The van der Waals surface area contributed by atoms with Crippen LogP contribution in [0.25, 0.3) is 0 Å². The first kappa shape index (κ1) is 14.6. The van der Waals surface area contributed by atoms with Gasteiger partial charge in [-0.1, -0.05) is 0 Å². The normalized spacial score (nSPS) is 15.4. The van der Waals surface area contributed by atoms with E-state index in [1.54, 1.807) is 17.0 Å². The van der Waals surface area contributed by atoms with Crippen LogP contribution in [0.2, 0.25) is 0 Å². The van der Waals surface area contributed by atoms with Crippen molar-refractivity contribution >= 4 is 43.5 Å². The van der Waals surface area contributed by atoms with Crippen molar-refractivity contribution in [2.75, 3.05) is 38.6 Å². The number of nitrogens with zero attached hydrogens (tertiary/aromatic N) is 1. The van der Waals surface area contributed by atoms with Crippen molar-refractivity contribution < 1.29 is 14.3 Å². The Labute approximate surface area is 128 Å². The van der Waals surface area contributed by atoms with Crippen molar-refractivity contribution in [3.8, 4) is 5.75 Å². The van der Waals surface area contributed by atoms with E-state index < -0.39 is 0 Å². The van der Waals surface area contributed by atoms with Crippen LogP contribution < -0.4 is 10.5 Å². The maximum Gasteiger partial charge on any atom is 0.260 e. The van der Waals surface area contributed by atoms with E-state index in [1.165, 1.54) is 0 Å². The van der Waals surface area contributed by atoms with Gasteiger partial charge < -0.3 is 20.1 Å². The van der Waals surface area contributed by atoms with E-state index in [4.69, 9.17) is 15.2 Å². The molecule has 2 rings (SSSR count). The molecule has 0 unspecified atom stereocenters. The Morgan fingerprint density at radius 3 is 2.47 bits per heavy atom. The molecule has 5 nitrogen and oxygen atoms in total. The lowest BCUT2D eigenvalue weighted by molar-refractivity contribution is -0.137. The third-order valence-electron chi connectivity index (χ3n) is 2.72. The number of amides is 1. The van der Waals surface area contributed by atoms with E-state index in [9.17, 15) is 4.79 Å². The summed E-state index contributed by atoms with van der Waals surface area (Å²) < 4.78 is 12.2. The molecule has 0 spiro atoms. The summed E-state index contributed by atoms with van der Waals surface area (Å²) in [5, 5.41) is 0. The smallest absolute Gasteiger partial charge is 0.260 e. The number of rotatable bonds is 3. The number of ether oxygens (including phenoxy) is 2. The molecule has 7 heteroatoms. The van der Waals surface area contributed by atoms with Crippen molar-refractivity contribution in [1.82, 2.24) is 4.90 Å². The molecule has 0 aromatic heterocycles. The molecule has 1 amide bonds. The van der Waals surface area contributed by atoms with Gasteiger partial charge in [-0.25, -0.2) is 0 Å². The molecule has 0 aliphatic carbocycles. The van der Waals surface area contributed by atoms with Gasteiger partial charge in [0.05, 0.1) is 22.2 Å². The second-order valence-electron chi connectivity index (χ2n) is 4.10. The number of nitrogens with two attached hydrogens (primary N) is 1. The van der Waals surface area contributed by atoms with Crippen molar-refractivity contribution in [3.63, 3.8) is 0 Å². The van der Waals surface area contributed by atoms with Gasteiger partial charge in [-0.05, 0) is 44.0 Å². The van der Waals surface area contributed by atoms with E-state index in [0.717, 1.165) is 0 Å². The second kappa shape index (κ2) is 6.58. The van der Waals surface area contributed by atoms with Crippen LogP contribution in [0.15, 0.2) is 21.1 Å². The number of carbonyl (C=O) groups excluding carboxylic acids is 1. The SMILES string of the molecule is Nc1cc(Br)c(OCC(=O)N2CCOCC2)c(Br)c1. The molecule has 1 aliphatic heterocycles. The van der Waals surface area contributed by atoms with Gasteiger partial charge in [0.1, 0.15) is 5.75 Å². The second-order valence-corrected chi connectivity index (χ2v) is 5.80. The van der Waals surface area contributed by atoms with Crippen LogP contribution in [0.5, 0.6) is 5.75 Å². The highest BCUT2D eigenvalue weighted by atomic mass is 79.9. The molecular formula is C12H14Br2N2O3. The largest absolute Gasteiger partial charge is 0.481 e. The van der Waals surface area contributed by atoms with Crippen molar-refractivity contribution in [3.05, 3.63) is 21.1 Å². The summed E-state index contributed by atoms with van der Waals surface area (Å²) in [4.78, 5) is 13.7. The molecule has 1 saturated heterocycles. The zero-order valence-corrected chi connectivity index (χ0v) is 13.4. The van der Waals surface area contributed by atoms with Crippen molar-refractivity contribution in [1.29, 1.82) is 0 Å². The zero-order valence-electron chi connectivity index (χ0n) is 10.2. The quantitative estimate of drug-likeness (QED) is 0.798. The van der Waals surface area contributed by atoms with Crippen LogP contribution in [0.3, 0.4) is 0 Å². The van der Waals surface area contributed by atoms with Crippen molar-refractivity contribution in [2.45, 2.75) is 0 Å². The molecule has 0 radical (unpaired) electrons. The summed E-state index contributed by atoms with van der Waals surface area (Å²) in [6, 6.07) is 3.47. The van der Waals surface area contributed by atoms with Gasteiger partial charge in [-0.2, -0.15) is 0 Å². The molecule has 1 heterocycles. The van der Waals surface area contributed by atoms with Crippen LogP contribution in [0.4, 0.5) is 5.69 Å². The minimum Gasteiger partial charge on any atom is -0.481 e. The highest BCUT2D eigenvalue weighted by Crippen LogP contribution is 2.35. The third-order valence-corrected chi connectivity index (χ3v) is 3.90. The molecule has 1 aliphatic rings. The Morgan fingerprint density at radius 1 is 1.32 bits per heavy atom. The van der Waals surface area contributed by atoms with Crippen LogP contribution >= 0.6 is 31.9 Å². The maximum absolute atomic E-state index is 12.0. The Hall–Kier alpha value is -0.790. The van der Waals surface area contributed by atoms with Gasteiger partial charge in [-0.3, -0.25) is 4.79 Å². The number of carbonyl (C=O) groups is 1. The molecule has 104 valence electrons. The highest BCUT2D eigenvalue weighted by Gasteiger charge is 2.18. The van der Waals surface area contributed by atoms with Gasteiger partial charge in [0, 0.05) is 18.8 Å². The highest BCUT2D eigenvalue weighted by molar-refractivity contribution is 9.11. The first-order valence-corrected chi connectivity index (χ1v) is 7.39. The Kier molecular flexibility index (Phi) is 5.06. The minimum atomic E-state index is -0.0427. The van der Waals surface area contributed by atoms with Gasteiger partial charge >= 0.3 is 0 Å². The Morgan fingerprint density at radius 2 is 1.89 bits per heavy atom. The van der Waals surface area contributed by atoms with Crippen LogP contribution in [0.1, 0.15) is 0 Å². The molecule has 1 aromatic rings. The first-order chi connectivity index (χ1) is 9.08.